The zero-order chi connectivity index (χ0) is 20.4. The number of benzene rings is 2. The van der Waals surface area contributed by atoms with Gasteiger partial charge in [-0.15, -0.1) is 0 Å². The van der Waals surface area contributed by atoms with Crippen molar-refractivity contribution in [1.29, 1.82) is 0 Å². The molecule has 3 amide bonds. The molecule has 0 radical (unpaired) electrons. The van der Waals surface area contributed by atoms with E-state index < -0.39 is 0 Å². The molecule has 0 unspecified atom stereocenters. The van der Waals surface area contributed by atoms with Crippen molar-refractivity contribution in [2.75, 3.05) is 17.2 Å². The summed E-state index contributed by atoms with van der Waals surface area (Å²) in [5.41, 5.74) is 1.44. The molecular weight excluding hydrogens is 410 g/mol. The van der Waals surface area contributed by atoms with Gasteiger partial charge >= 0.3 is 0 Å². The molecule has 0 spiro atoms. The lowest BCUT2D eigenvalue weighted by Gasteiger charge is -2.28. The van der Waals surface area contributed by atoms with Crippen LogP contribution >= 0.6 is 23.4 Å². The summed E-state index contributed by atoms with van der Waals surface area (Å²) in [5, 5.41) is 1.11. The van der Waals surface area contributed by atoms with E-state index in [0.29, 0.717) is 33.7 Å². The van der Waals surface area contributed by atoms with Crippen LogP contribution in [0.4, 0.5) is 11.4 Å². The molecule has 2 aliphatic heterocycles. The first-order chi connectivity index (χ1) is 14.0. The molecule has 0 saturated carbocycles. The summed E-state index contributed by atoms with van der Waals surface area (Å²) in [6, 6.07) is 13.9. The number of carbonyl (C=O) groups is 3. The zero-order valence-corrected chi connectivity index (χ0v) is 17.1. The van der Waals surface area contributed by atoms with E-state index in [0.717, 1.165) is 17.1 Å². The molecule has 29 heavy (non-hydrogen) atoms. The number of thioether (sulfide) groups is 1. The topological polar surface area (TPSA) is 70.1 Å². The number of anilines is 1. The highest BCUT2D eigenvalue weighted by molar-refractivity contribution is 8.13. The van der Waals surface area contributed by atoms with Gasteiger partial charge in [0.25, 0.3) is 5.91 Å². The van der Waals surface area contributed by atoms with Gasteiger partial charge in [-0.1, -0.05) is 41.6 Å². The second-order valence-corrected chi connectivity index (χ2v) is 8.15. The first kappa shape index (κ1) is 19.7. The summed E-state index contributed by atoms with van der Waals surface area (Å²) in [7, 11) is 0. The zero-order valence-electron chi connectivity index (χ0n) is 15.5. The standard InChI is InChI=1S/C21H18ClN3O3S/c22-16-7-1-2-8-17(16)23-21-24(11-4-12-29-21)20(28)14-5-3-6-15(13-14)25-18(26)9-10-19(25)27/h1-3,5-8,13H,4,9-12H2. The number of nitrogens with zero attached hydrogens (tertiary/aromatic N) is 3. The first-order valence-corrected chi connectivity index (χ1v) is 10.6. The molecule has 2 fully saturated rings. The van der Waals surface area contributed by atoms with Crippen LogP contribution in [0.5, 0.6) is 0 Å². The van der Waals surface area contributed by atoms with Crippen LogP contribution in [0.1, 0.15) is 29.6 Å². The molecular formula is C21H18ClN3O3S. The Kier molecular flexibility index (Phi) is 5.69. The summed E-state index contributed by atoms with van der Waals surface area (Å²) in [6.45, 7) is 0.543. The third-order valence-corrected chi connectivity index (χ3v) is 6.09. The molecule has 0 aromatic heterocycles. The maximum Gasteiger partial charge on any atom is 0.259 e. The van der Waals surface area contributed by atoms with Crippen LogP contribution in [0.2, 0.25) is 5.02 Å². The average molecular weight is 428 g/mol. The van der Waals surface area contributed by atoms with Crippen molar-refractivity contribution >= 4 is 57.6 Å². The molecule has 0 bridgehead atoms. The lowest BCUT2D eigenvalue weighted by Crippen LogP contribution is -2.39. The van der Waals surface area contributed by atoms with Gasteiger partial charge < -0.3 is 0 Å². The van der Waals surface area contributed by atoms with Crippen molar-refractivity contribution in [2.45, 2.75) is 19.3 Å². The normalized spacial score (nSPS) is 18.6. The lowest BCUT2D eigenvalue weighted by atomic mass is 10.1. The molecule has 2 aromatic carbocycles. The van der Waals surface area contributed by atoms with Crippen LogP contribution < -0.4 is 4.90 Å². The Bertz CT molecular complexity index is 1010. The number of amides is 3. The Morgan fingerprint density at radius 3 is 2.55 bits per heavy atom. The van der Waals surface area contributed by atoms with Gasteiger partial charge in [-0.2, -0.15) is 0 Å². The number of aliphatic imine (C=N–C) groups is 1. The molecule has 2 heterocycles. The molecule has 2 aliphatic rings. The van der Waals surface area contributed by atoms with Crippen molar-refractivity contribution in [1.82, 2.24) is 4.90 Å². The molecule has 2 aromatic rings. The summed E-state index contributed by atoms with van der Waals surface area (Å²) >= 11 is 7.73. The van der Waals surface area contributed by atoms with E-state index in [9.17, 15) is 14.4 Å². The fourth-order valence-electron chi connectivity index (χ4n) is 3.28. The van der Waals surface area contributed by atoms with Crippen molar-refractivity contribution in [3.63, 3.8) is 0 Å². The minimum absolute atomic E-state index is 0.203. The SMILES string of the molecule is O=C(c1cccc(N2C(=O)CCC2=O)c1)N1CCCSC1=Nc1ccccc1Cl. The Labute approximate surface area is 177 Å². The van der Waals surface area contributed by atoms with Gasteiger partial charge in [0.1, 0.15) is 0 Å². The highest BCUT2D eigenvalue weighted by Crippen LogP contribution is 2.29. The molecule has 0 atom stereocenters. The molecule has 4 rings (SSSR count). The second kappa shape index (κ2) is 8.39. The summed E-state index contributed by atoms with van der Waals surface area (Å²) < 4.78 is 0. The van der Waals surface area contributed by atoms with Gasteiger partial charge in [-0.25, -0.2) is 4.99 Å². The van der Waals surface area contributed by atoms with Gasteiger partial charge in [0.2, 0.25) is 11.8 Å². The second-order valence-electron chi connectivity index (χ2n) is 6.68. The molecule has 2 saturated heterocycles. The Morgan fingerprint density at radius 2 is 1.79 bits per heavy atom. The van der Waals surface area contributed by atoms with Crippen LogP contribution in [-0.4, -0.2) is 40.1 Å². The van der Waals surface area contributed by atoms with E-state index in [4.69, 9.17) is 11.6 Å². The van der Waals surface area contributed by atoms with Gasteiger partial charge in [0.05, 0.1) is 16.4 Å². The number of hydrogen-bond acceptors (Lipinski definition) is 5. The van der Waals surface area contributed by atoms with Crippen LogP contribution in [0, 0.1) is 0 Å². The van der Waals surface area contributed by atoms with Crippen molar-refractivity contribution < 1.29 is 14.4 Å². The minimum atomic E-state index is -0.242. The summed E-state index contributed by atoms with van der Waals surface area (Å²) in [6.07, 6.45) is 1.25. The summed E-state index contributed by atoms with van der Waals surface area (Å²) in [4.78, 5) is 44.7. The van der Waals surface area contributed by atoms with Crippen LogP contribution in [0.3, 0.4) is 0 Å². The average Bonchev–Trinajstić information content (AvgIpc) is 3.08. The van der Waals surface area contributed by atoms with E-state index in [1.165, 1.54) is 11.8 Å². The Morgan fingerprint density at radius 1 is 1.03 bits per heavy atom. The summed E-state index contributed by atoms with van der Waals surface area (Å²) in [5.74, 6) is 0.163. The van der Waals surface area contributed by atoms with Crippen molar-refractivity contribution in [2.24, 2.45) is 4.99 Å². The van der Waals surface area contributed by atoms with Gasteiger partial charge in [-0.05, 0) is 36.8 Å². The third-order valence-electron chi connectivity index (χ3n) is 4.70. The molecule has 6 nitrogen and oxygen atoms in total. The van der Waals surface area contributed by atoms with E-state index in [1.54, 1.807) is 41.3 Å². The number of halogens is 1. The lowest BCUT2D eigenvalue weighted by molar-refractivity contribution is -0.121. The predicted octanol–water partition coefficient (Wildman–Crippen LogP) is 4.26. The first-order valence-electron chi connectivity index (χ1n) is 9.28. The highest BCUT2D eigenvalue weighted by Gasteiger charge is 2.31. The number of imide groups is 1. The van der Waals surface area contributed by atoms with E-state index in [1.807, 2.05) is 12.1 Å². The fraction of sp³-hybridized carbons (Fsp3) is 0.238. The molecule has 148 valence electrons. The van der Waals surface area contributed by atoms with Crippen LogP contribution in [0.15, 0.2) is 53.5 Å². The van der Waals surface area contributed by atoms with Gasteiger partial charge in [0.15, 0.2) is 5.17 Å². The van der Waals surface area contributed by atoms with Crippen LogP contribution in [-0.2, 0) is 9.59 Å². The van der Waals surface area contributed by atoms with Gasteiger partial charge in [0, 0.05) is 30.7 Å². The highest BCUT2D eigenvalue weighted by atomic mass is 35.5. The number of hydrogen-bond donors (Lipinski definition) is 0. The van der Waals surface area contributed by atoms with E-state index >= 15 is 0 Å². The predicted molar refractivity (Wildman–Crippen MR) is 115 cm³/mol. The van der Waals surface area contributed by atoms with Gasteiger partial charge in [-0.3, -0.25) is 24.2 Å². The van der Waals surface area contributed by atoms with Crippen LogP contribution in [0.25, 0.3) is 0 Å². The minimum Gasteiger partial charge on any atom is -0.287 e. The van der Waals surface area contributed by atoms with E-state index in [2.05, 4.69) is 4.99 Å². The smallest absolute Gasteiger partial charge is 0.259 e. The monoisotopic (exact) mass is 427 g/mol. The largest absolute Gasteiger partial charge is 0.287 e. The van der Waals surface area contributed by atoms with Crippen molar-refractivity contribution in [3.05, 3.63) is 59.1 Å². The third kappa shape index (κ3) is 4.06. The molecule has 0 N–H and O–H groups in total. The quantitative estimate of drug-likeness (QED) is 0.686. The Hall–Kier alpha value is -2.64. The van der Waals surface area contributed by atoms with E-state index in [-0.39, 0.29) is 30.6 Å². The molecule has 0 aliphatic carbocycles. The maximum absolute atomic E-state index is 13.2. The number of rotatable bonds is 3. The Balaban J connectivity index is 1.64. The number of carbonyl (C=O) groups excluding carboxylic acids is 3. The number of para-hydroxylation sites is 1. The number of amidine groups is 1. The maximum atomic E-state index is 13.2. The fourth-order valence-corrected chi connectivity index (χ4v) is 4.41. The molecule has 8 heteroatoms. The van der Waals surface area contributed by atoms with Crippen molar-refractivity contribution in [3.8, 4) is 0 Å².